The van der Waals surface area contributed by atoms with Crippen LogP contribution < -0.4 is 5.73 Å². The first-order chi connectivity index (χ1) is 6.74. The predicted octanol–water partition coefficient (Wildman–Crippen LogP) is 2.70. The molecule has 1 rings (SSSR count). The minimum absolute atomic E-state index is 0.360. The van der Waals surface area contributed by atoms with Gasteiger partial charge >= 0.3 is 0 Å². The minimum atomic E-state index is 0.360. The number of hydrogen-bond donors (Lipinski definition) is 1. The van der Waals surface area contributed by atoms with Crippen molar-refractivity contribution in [3.8, 4) is 0 Å². The smallest absolute Gasteiger partial charge is 0.0270 e. The van der Waals surface area contributed by atoms with E-state index in [1.54, 1.807) is 0 Å². The summed E-state index contributed by atoms with van der Waals surface area (Å²) in [4.78, 5) is 4.01. The van der Waals surface area contributed by atoms with Crippen LogP contribution in [0.3, 0.4) is 0 Å². The lowest BCUT2D eigenvalue weighted by Gasteiger charge is -2.14. The molecule has 0 aliphatic carbocycles. The third-order valence-electron chi connectivity index (χ3n) is 2.77. The molecule has 2 atom stereocenters. The topological polar surface area (TPSA) is 38.9 Å². The van der Waals surface area contributed by atoms with Crippen molar-refractivity contribution in [1.82, 2.24) is 4.98 Å². The van der Waals surface area contributed by atoms with Crippen LogP contribution in [0.1, 0.15) is 44.6 Å². The zero-order valence-corrected chi connectivity index (χ0v) is 9.11. The van der Waals surface area contributed by atoms with Crippen molar-refractivity contribution in [2.75, 3.05) is 0 Å². The highest BCUT2D eigenvalue weighted by molar-refractivity contribution is 5.14. The number of nitrogens with zero attached hydrogens (tertiary/aromatic N) is 1. The molecule has 0 amide bonds. The van der Waals surface area contributed by atoms with Crippen molar-refractivity contribution in [2.24, 2.45) is 5.73 Å². The first-order valence-corrected chi connectivity index (χ1v) is 5.39. The fourth-order valence-corrected chi connectivity index (χ4v) is 1.53. The highest BCUT2D eigenvalue weighted by atomic mass is 14.6. The minimum Gasteiger partial charge on any atom is -0.328 e. The summed E-state index contributed by atoms with van der Waals surface area (Å²) in [6.45, 7) is 4.39. The Morgan fingerprint density at radius 3 is 2.50 bits per heavy atom. The van der Waals surface area contributed by atoms with Crippen LogP contribution in [0.15, 0.2) is 24.5 Å². The van der Waals surface area contributed by atoms with Crippen LogP contribution in [-0.4, -0.2) is 11.0 Å². The van der Waals surface area contributed by atoms with Gasteiger partial charge in [0.2, 0.25) is 0 Å². The molecule has 2 unspecified atom stereocenters. The average molecular weight is 192 g/mol. The van der Waals surface area contributed by atoms with Crippen molar-refractivity contribution in [3.05, 3.63) is 30.1 Å². The second kappa shape index (κ2) is 5.76. The van der Waals surface area contributed by atoms with Gasteiger partial charge in [0.1, 0.15) is 0 Å². The number of hydrogen-bond acceptors (Lipinski definition) is 2. The van der Waals surface area contributed by atoms with E-state index in [1.807, 2.05) is 12.4 Å². The van der Waals surface area contributed by atoms with Gasteiger partial charge in [0.15, 0.2) is 0 Å². The van der Waals surface area contributed by atoms with Crippen molar-refractivity contribution in [1.29, 1.82) is 0 Å². The molecule has 2 heteroatoms. The van der Waals surface area contributed by atoms with Gasteiger partial charge in [-0.1, -0.05) is 13.8 Å². The first-order valence-electron chi connectivity index (χ1n) is 5.39. The standard InChI is InChI=1S/C12H20N2/c1-3-12(13)5-4-10(2)11-6-8-14-9-7-11/h6-10,12H,3-5,13H2,1-2H3. The normalized spacial score (nSPS) is 15.1. The summed E-state index contributed by atoms with van der Waals surface area (Å²) in [5, 5.41) is 0. The molecule has 78 valence electrons. The third kappa shape index (κ3) is 3.46. The molecule has 2 nitrogen and oxygen atoms in total. The molecule has 0 spiro atoms. The van der Waals surface area contributed by atoms with Gasteiger partial charge in [-0.25, -0.2) is 0 Å². The Hall–Kier alpha value is -0.890. The van der Waals surface area contributed by atoms with Crippen LogP contribution in [0.2, 0.25) is 0 Å². The van der Waals surface area contributed by atoms with Crippen molar-refractivity contribution in [2.45, 2.75) is 45.1 Å². The van der Waals surface area contributed by atoms with Crippen LogP contribution >= 0.6 is 0 Å². The van der Waals surface area contributed by atoms with Gasteiger partial charge in [-0.05, 0) is 42.9 Å². The Morgan fingerprint density at radius 2 is 1.93 bits per heavy atom. The van der Waals surface area contributed by atoms with Gasteiger partial charge in [-0.3, -0.25) is 4.98 Å². The summed E-state index contributed by atoms with van der Waals surface area (Å²) in [5.41, 5.74) is 7.25. The molecule has 0 fully saturated rings. The van der Waals surface area contributed by atoms with Crippen LogP contribution in [-0.2, 0) is 0 Å². The molecule has 2 N–H and O–H groups in total. The summed E-state index contributed by atoms with van der Waals surface area (Å²) < 4.78 is 0. The molecular formula is C12H20N2. The first kappa shape index (κ1) is 11.2. The summed E-state index contributed by atoms with van der Waals surface area (Å²) in [7, 11) is 0. The molecule has 0 radical (unpaired) electrons. The molecule has 1 aromatic heterocycles. The van der Waals surface area contributed by atoms with E-state index in [-0.39, 0.29) is 0 Å². The molecule has 14 heavy (non-hydrogen) atoms. The molecule has 0 bridgehead atoms. The molecule has 1 aromatic rings. The molecule has 1 heterocycles. The zero-order chi connectivity index (χ0) is 10.4. The van der Waals surface area contributed by atoms with E-state index in [4.69, 9.17) is 5.73 Å². The molecular weight excluding hydrogens is 172 g/mol. The van der Waals surface area contributed by atoms with Crippen LogP contribution in [0.4, 0.5) is 0 Å². The lowest BCUT2D eigenvalue weighted by molar-refractivity contribution is 0.530. The Labute approximate surface area is 86.5 Å². The fourth-order valence-electron chi connectivity index (χ4n) is 1.53. The molecule has 0 aliphatic rings. The van der Waals surface area contributed by atoms with Gasteiger partial charge in [-0.2, -0.15) is 0 Å². The second-order valence-corrected chi connectivity index (χ2v) is 3.93. The summed E-state index contributed by atoms with van der Waals surface area (Å²) >= 11 is 0. The third-order valence-corrected chi connectivity index (χ3v) is 2.77. The Bertz CT molecular complexity index is 246. The van der Waals surface area contributed by atoms with Gasteiger partial charge in [-0.15, -0.1) is 0 Å². The largest absolute Gasteiger partial charge is 0.328 e. The van der Waals surface area contributed by atoms with Crippen LogP contribution in [0, 0.1) is 0 Å². The monoisotopic (exact) mass is 192 g/mol. The summed E-state index contributed by atoms with van der Waals surface area (Å²) in [6.07, 6.45) is 7.05. The molecule has 0 aliphatic heterocycles. The number of aromatic nitrogens is 1. The maximum Gasteiger partial charge on any atom is 0.0270 e. The van der Waals surface area contributed by atoms with Crippen LogP contribution in [0.25, 0.3) is 0 Å². The Balaban J connectivity index is 2.39. The maximum absolute atomic E-state index is 5.89. The molecule has 0 saturated heterocycles. The van der Waals surface area contributed by atoms with E-state index in [0.717, 1.165) is 12.8 Å². The number of pyridine rings is 1. The van der Waals surface area contributed by atoms with Crippen LogP contribution in [0.5, 0.6) is 0 Å². The van der Waals surface area contributed by atoms with E-state index in [2.05, 4.69) is 31.0 Å². The summed E-state index contributed by atoms with van der Waals surface area (Å²) in [6, 6.07) is 4.53. The van der Waals surface area contributed by atoms with Gasteiger partial charge in [0.25, 0.3) is 0 Å². The Morgan fingerprint density at radius 1 is 1.29 bits per heavy atom. The van der Waals surface area contributed by atoms with Crippen molar-refractivity contribution >= 4 is 0 Å². The van der Waals surface area contributed by atoms with E-state index in [9.17, 15) is 0 Å². The highest BCUT2D eigenvalue weighted by Crippen LogP contribution is 2.20. The van der Waals surface area contributed by atoms with Gasteiger partial charge in [0, 0.05) is 18.4 Å². The van der Waals surface area contributed by atoms with E-state index in [1.165, 1.54) is 12.0 Å². The van der Waals surface area contributed by atoms with E-state index in [0.29, 0.717) is 12.0 Å². The molecule has 0 saturated carbocycles. The second-order valence-electron chi connectivity index (χ2n) is 3.93. The van der Waals surface area contributed by atoms with Crippen molar-refractivity contribution < 1.29 is 0 Å². The summed E-state index contributed by atoms with van der Waals surface area (Å²) in [5.74, 6) is 0.593. The number of nitrogens with two attached hydrogens (primary N) is 1. The Kier molecular flexibility index (Phi) is 4.60. The lowest BCUT2D eigenvalue weighted by Crippen LogP contribution is -2.18. The van der Waals surface area contributed by atoms with Gasteiger partial charge in [0.05, 0.1) is 0 Å². The predicted molar refractivity (Wildman–Crippen MR) is 60.2 cm³/mol. The molecule has 0 aromatic carbocycles. The SMILES string of the molecule is CCC(N)CCC(C)c1ccncc1. The fraction of sp³-hybridized carbons (Fsp3) is 0.583. The quantitative estimate of drug-likeness (QED) is 0.779. The van der Waals surface area contributed by atoms with Gasteiger partial charge < -0.3 is 5.73 Å². The average Bonchev–Trinajstić information content (AvgIpc) is 2.26. The zero-order valence-electron chi connectivity index (χ0n) is 9.11. The van der Waals surface area contributed by atoms with E-state index < -0.39 is 0 Å². The lowest BCUT2D eigenvalue weighted by atomic mass is 9.95. The maximum atomic E-state index is 5.89. The highest BCUT2D eigenvalue weighted by Gasteiger charge is 2.07. The van der Waals surface area contributed by atoms with E-state index >= 15 is 0 Å². The van der Waals surface area contributed by atoms with Crippen molar-refractivity contribution in [3.63, 3.8) is 0 Å². The number of rotatable bonds is 5.